The van der Waals surface area contributed by atoms with Crippen molar-refractivity contribution in [2.45, 2.75) is 84.3 Å². The van der Waals surface area contributed by atoms with Gasteiger partial charge in [0.05, 0.1) is 12.2 Å². The monoisotopic (exact) mass is 371 g/mol. The van der Waals surface area contributed by atoms with E-state index in [-0.39, 0.29) is 5.82 Å². The van der Waals surface area contributed by atoms with E-state index in [4.69, 9.17) is 10.5 Å². The minimum atomic E-state index is -0.198. The Labute approximate surface area is 163 Å². The highest BCUT2D eigenvalue weighted by atomic mass is 19.1. The van der Waals surface area contributed by atoms with Crippen molar-refractivity contribution < 1.29 is 9.13 Å². The van der Waals surface area contributed by atoms with E-state index in [2.05, 4.69) is 32.9 Å². The molecule has 2 nitrogen and oxygen atoms in total. The molecule has 3 atom stereocenters. The molecule has 1 unspecified atom stereocenters. The van der Waals surface area contributed by atoms with Crippen molar-refractivity contribution >= 4 is 11.3 Å². The average molecular weight is 372 g/mol. The van der Waals surface area contributed by atoms with Crippen molar-refractivity contribution in [3.8, 4) is 0 Å². The molecule has 2 N–H and O–H groups in total. The van der Waals surface area contributed by atoms with Gasteiger partial charge in [-0.1, -0.05) is 30.7 Å². The second-order valence-electron chi connectivity index (χ2n) is 8.84. The van der Waals surface area contributed by atoms with E-state index >= 15 is 0 Å². The Bertz CT molecular complexity index is 703. The first kappa shape index (κ1) is 20.1. The van der Waals surface area contributed by atoms with Crippen LogP contribution < -0.4 is 5.73 Å². The standard InChI is InChI=1S/C24H34FNO/c1-17-9-10-19(16-18(2)27-17)11-14-24(3)13-5-6-20(12-15-24)23-21(25)7-4-8-22(23)26/h4,6-8,10,17-18H,5,9,11-16,26H2,1-3H3/t17-,18+,24?/m1/s1. The van der Waals surface area contributed by atoms with Gasteiger partial charge in [0.2, 0.25) is 0 Å². The molecule has 0 saturated carbocycles. The van der Waals surface area contributed by atoms with Crippen LogP contribution >= 0.6 is 0 Å². The Morgan fingerprint density at radius 2 is 2.00 bits per heavy atom. The molecule has 0 spiro atoms. The van der Waals surface area contributed by atoms with Crippen molar-refractivity contribution in [3.63, 3.8) is 0 Å². The summed E-state index contributed by atoms with van der Waals surface area (Å²) in [5.74, 6) is -0.198. The molecule has 0 fully saturated rings. The number of benzene rings is 1. The van der Waals surface area contributed by atoms with Crippen molar-refractivity contribution in [2.75, 3.05) is 5.73 Å². The van der Waals surface area contributed by atoms with Gasteiger partial charge in [-0.2, -0.15) is 0 Å². The maximum absolute atomic E-state index is 14.3. The van der Waals surface area contributed by atoms with Gasteiger partial charge in [-0.3, -0.25) is 0 Å². The quantitative estimate of drug-likeness (QED) is 0.474. The first-order valence-corrected chi connectivity index (χ1v) is 10.4. The number of allylic oxidation sites excluding steroid dienone is 2. The van der Waals surface area contributed by atoms with Crippen LogP contribution in [0.2, 0.25) is 0 Å². The van der Waals surface area contributed by atoms with E-state index in [9.17, 15) is 4.39 Å². The molecule has 3 rings (SSSR count). The number of anilines is 1. The lowest BCUT2D eigenvalue weighted by atomic mass is 9.76. The maximum atomic E-state index is 14.3. The van der Waals surface area contributed by atoms with Crippen LogP contribution in [0.25, 0.3) is 5.57 Å². The second kappa shape index (κ2) is 8.60. The molecular weight excluding hydrogens is 337 g/mol. The van der Waals surface area contributed by atoms with E-state index in [1.54, 1.807) is 17.7 Å². The number of ether oxygens (including phenoxy) is 1. The molecule has 1 aromatic carbocycles. The first-order chi connectivity index (χ1) is 12.9. The molecule has 0 amide bonds. The first-order valence-electron chi connectivity index (χ1n) is 10.4. The molecule has 148 valence electrons. The van der Waals surface area contributed by atoms with Gasteiger partial charge in [0.15, 0.2) is 0 Å². The largest absolute Gasteiger partial charge is 0.398 e. The fraction of sp³-hybridized carbons (Fsp3) is 0.583. The van der Waals surface area contributed by atoms with Gasteiger partial charge in [0.25, 0.3) is 0 Å². The molecule has 27 heavy (non-hydrogen) atoms. The lowest BCUT2D eigenvalue weighted by molar-refractivity contribution is 0.0150. The lowest BCUT2D eigenvalue weighted by Gasteiger charge is -2.29. The number of nitrogens with two attached hydrogens (primary N) is 1. The zero-order valence-corrected chi connectivity index (χ0v) is 17.1. The Kier molecular flexibility index (Phi) is 6.41. The van der Waals surface area contributed by atoms with E-state index in [1.165, 1.54) is 12.5 Å². The van der Waals surface area contributed by atoms with Gasteiger partial charge in [-0.15, -0.1) is 0 Å². The molecule has 2 aliphatic rings. The maximum Gasteiger partial charge on any atom is 0.132 e. The minimum absolute atomic E-state index is 0.198. The average Bonchev–Trinajstić information content (AvgIpc) is 2.89. The topological polar surface area (TPSA) is 35.2 Å². The van der Waals surface area contributed by atoms with Crippen LogP contribution in [0.1, 0.15) is 77.7 Å². The minimum Gasteiger partial charge on any atom is -0.398 e. The number of nitrogen functional groups attached to an aromatic ring is 1. The smallest absolute Gasteiger partial charge is 0.132 e. The van der Waals surface area contributed by atoms with Crippen LogP contribution in [0, 0.1) is 11.2 Å². The van der Waals surface area contributed by atoms with Gasteiger partial charge in [-0.05, 0) is 88.3 Å². The summed E-state index contributed by atoms with van der Waals surface area (Å²) in [6.07, 6.45) is 13.8. The molecular formula is C24H34FNO. The van der Waals surface area contributed by atoms with Gasteiger partial charge in [0.1, 0.15) is 5.82 Å². The summed E-state index contributed by atoms with van der Waals surface area (Å²) in [6, 6.07) is 4.99. The van der Waals surface area contributed by atoms with Crippen LogP contribution in [0.15, 0.2) is 35.9 Å². The van der Waals surface area contributed by atoms with Crippen molar-refractivity contribution in [2.24, 2.45) is 5.41 Å². The molecule has 0 aromatic heterocycles. The fourth-order valence-corrected chi connectivity index (χ4v) is 4.57. The summed E-state index contributed by atoms with van der Waals surface area (Å²) in [7, 11) is 0. The van der Waals surface area contributed by atoms with E-state index in [0.717, 1.165) is 50.5 Å². The van der Waals surface area contributed by atoms with Crippen LogP contribution in [0.5, 0.6) is 0 Å². The van der Waals surface area contributed by atoms with E-state index in [0.29, 0.717) is 28.9 Å². The third-order valence-corrected chi connectivity index (χ3v) is 6.31. The summed E-state index contributed by atoms with van der Waals surface area (Å²) in [4.78, 5) is 0. The molecule has 0 saturated heterocycles. The highest BCUT2D eigenvalue weighted by Gasteiger charge is 2.28. The van der Waals surface area contributed by atoms with E-state index < -0.39 is 0 Å². The highest BCUT2D eigenvalue weighted by Crippen LogP contribution is 2.43. The summed E-state index contributed by atoms with van der Waals surface area (Å²) in [5, 5.41) is 0. The lowest BCUT2D eigenvalue weighted by Crippen LogP contribution is -2.17. The zero-order chi connectivity index (χ0) is 19.4. The molecule has 0 radical (unpaired) electrons. The summed E-state index contributed by atoms with van der Waals surface area (Å²) in [6.45, 7) is 6.73. The third-order valence-electron chi connectivity index (χ3n) is 6.31. The van der Waals surface area contributed by atoms with Crippen LogP contribution in [-0.2, 0) is 4.74 Å². The normalized spacial score (nSPS) is 29.5. The Morgan fingerprint density at radius 1 is 1.19 bits per heavy atom. The van der Waals surface area contributed by atoms with Gasteiger partial charge >= 0.3 is 0 Å². The van der Waals surface area contributed by atoms with Gasteiger partial charge in [-0.25, -0.2) is 4.39 Å². The van der Waals surface area contributed by atoms with Gasteiger partial charge in [0, 0.05) is 11.3 Å². The zero-order valence-electron chi connectivity index (χ0n) is 17.1. The SMILES string of the molecule is C[C@@H]1CC=C(CCC2(C)CCC=C(c3c(N)cccc3F)CC2)C[C@H](C)O1. The predicted octanol–water partition coefficient (Wildman–Crippen LogP) is 6.67. The second-order valence-corrected chi connectivity index (χ2v) is 8.84. The Balaban J connectivity index is 1.62. The third kappa shape index (κ3) is 5.22. The van der Waals surface area contributed by atoms with E-state index in [1.807, 2.05) is 0 Å². The number of halogens is 1. The summed E-state index contributed by atoms with van der Waals surface area (Å²) >= 11 is 0. The molecule has 0 bridgehead atoms. The number of rotatable bonds is 4. The fourth-order valence-electron chi connectivity index (χ4n) is 4.57. The number of hydrogen-bond acceptors (Lipinski definition) is 2. The molecule has 3 heteroatoms. The molecule has 1 aliphatic heterocycles. The van der Waals surface area contributed by atoms with Crippen LogP contribution in [-0.4, -0.2) is 12.2 Å². The van der Waals surface area contributed by atoms with Crippen molar-refractivity contribution in [1.29, 1.82) is 0 Å². The Morgan fingerprint density at radius 3 is 2.78 bits per heavy atom. The van der Waals surface area contributed by atoms with Crippen LogP contribution in [0.4, 0.5) is 10.1 Å². The van der Waals surface area contributed by atoms with Gasteiger partial charge < -0.3 is 10.5 Å². The summed E-state index contributed by atoms with van der Waals surface area (Å²) in [5.41, 5.74) is 10.2. The molecule has 1 aliphatic carbocycles. The van der Waals surface area contributed by atoms with Crippen LogP contribution in [0.3, 0.4) is 0 Å². The van der Waals surface area contributed by atoms with Crippen molar-refractivity contribution in [1.82, 2.24) is 0 Å². The predicted molar refractivity (Wildman–Crippen MR) is 112 cm³/mol. The summed E-state index contributed by atoms with van der Waals surface area (Å²) < 4.78 is 20.3. The van der Waals surface area contributed by atoms with Crippen molar-refractivity contribution in [3.05, 3.63) is 47.3 Å². The molecule has 1 heterocycles. The number of hydrogen-bond donors (Lipinski definition) is 1. The molecule has 1 aromatic rings. The Hall–Kier alpha value is -1.61. The highest BCUT2D eigenvalue weighted by molar-refractivity contribution is 5.75.